The molecule has 4 heteroatoms. The summed E-state index contributed by atoms with van der Waals surface area (Å²) < 4.78 is 10.8. The third-order valence-electron chi connectivity index (χ3n) is 3.51. The van der Waals surface area contributed by atoms with E-state index in [2.05, 4.69) is 20.8 Å². The molecule has 0 bridgehead atoms. The Balaban J connectivity index is 1.79. The van der Waals surface area contributed by atoms with Gasteiger partial charge in [-0.3, -0.25) is 4.79 Å². The van der Waals surface area contributed by atoms with Crippen LogP contribution in [0.3, 0.4) is 0 Å². The van der Waals surface area contributed by atoms with Gasteiger partial charge in [0, 0.05) is 0 Å². The van der Waals surface area contributed by atoms with Crippen LogP contribution >= 0.6 is 0 Å². The fraction of sp³-hybridized carbons (Fsp3) is 0.300. The van der Waals surface area contributed by atoms with Crippen LogP contribution in [0.1, 0.15) is 38.3 Å². The van der Waals surface area contributed by atoms with Crippen LogP contribution in [0.4, 0.5) is 0 Å². The Morgan fingerprint density at radius 1 is 1.00 bits per heavy atom. The topological polar surface area (TPSA) is 59.3 Å². The molecule has 0 saturated heterocycles. The molecule has 0 aromatic heterocycles. The van der Waals surface area contributed by atoms with Gasteiger partial charge in [-0.05, 0) is 47.4 Å². The monoisotopic (exact) mass is 323 g/mol. The van der Waals surface area contributed by atoms with Crippen molar-refractivity contribution in [2.75, 3.05) is 6.61 Å². The lowest BCUT2D eigenvalue weighted by Gasteiger charge is -2.19. The molecule has 2 aromatic rings. The molecule has 0 spiro atoms. The molecule has 124 valence electrons. The maximum atomic E-state index is 11.8. The number of benzene rings is 2. The molecule has 0 aliphatic heterocycles. The Morgan fingerprint density at radius 3 is 2.12 bits per heavy atom. The van der Waals surface area contributed by atoms with E-state index >= 15 is 0 Å². The van der Waals surface area contributed by atoms with Gasteiger partial charge in [0.15, 0.2) is 0 Å². The summed E-state index contributed by atoms with van der Waals surface area (Å²) in [6.45, 7) is 6.72. The number of rotatable bonds is 5. The minimum atomic E-state index is -0.369. The van der Waals surface area contributed by atoms with E-state index in [1.165, 1.54) is 5.56 Å². The zero-order valence-electron chi connectivity index (χ0n) is 14.2. The number of esters is 1. The number of ether oxygens (including phenoxy) is 2. The van der Waals surface area contributed by atoms with Crippen molar-refractivity contribution in [2.24, 2.45) is 0 Å². The van der Waals surface area contributed by atoms with E-state index in [1.54, 1.807) is 24.3 Å². The van der Waals surface area contributed by atoms with Gasteiger partial charge in [0.25, 0.3) is 0 Å². The minimum Gasteiger partial charge on any atom is -0.493 e. The van der Waals surface area contributed by atoms with Gasteiger partial charge in [-0.1, -0.05) is 32.9 Å². The van der Waals surface area contributed by atoms with E-state index in [0.717, 1.165) is 5.75 Å². The number of nitriles is 1. The largest absolute Gasteiger partial charge is 0.493 e. The van der Waals surface area contributed by atoms with E-state index in [9.17, 15) is 4.79 Å². The maximum Gasteiger partial charge on any atom is 0.314 e. The fourth-order valence-corrected chi connectivity index (χ4v) is 2.08. The van der Waals surface area contributed by atoms with Gasteiger partial charge >= 0.3 is 5.97 Å². The lowest BCUT2D eigenvalue weighted by molar-refractivity contribution is -0.134. The summed E-state index contributed by atoms with van der Waals surface area (Å²) in [5.41, 5.74) is 1.86. The molecule has 0 saturated carbocycles. The molecule has 0 radical (unpaired) electrons. The summed E-state index contributed by atoms with van der Waals surface area (Å²) >= 11 is 0. The van der Waals surface area contributed by atoms with Crippen LogP contribution in [0.2, 0.25) is 0 Å². The average Bonchev–Trinajstić information content (AvgIpc) is 2.55. The first-order valence-corrected chi connectivity index (χ1v) is 7.83. The second kappa shape index (κ2) is 7.65. The van der Waals surface area contributed by atoms with Crippen molar-refractivity contribution in [3.63, 3.8) is 0 Å². The molecule has 0 atom stereocenters. The molecule has 2 aromatic carbocycles. The molecular formula is C20H21NO3. The molecule has 0 aliphatic carbocycles. The average molecular weight is 323 g/mol. The Hall–Kier alpha value is -2.80. The van der Waals surface area contributed by atoms with Crippen molar-refractivity contribution in [2.45, 2.75) is 32.6 Å². The van der Waals surface area contributed by atoms with E-state index < -0.39 is 0 Å². The lowest BCUT2D eigenvalue weighted by atomic mass is 9.87. The van der Waals surface area contributed by atoms with E-state index in [1.807, 2.05) is 30.3 Å². The third-order valence-corrected chi connectivity index (χ3v) is 3.51. The summed E-state index contributed by atoms with van der Waals surface area (Å²) in [7, 11) is 0. The van der Waals surface area contributed by atoms with Gasteiger partial charge in [-0.2, -0.15) is 5.26 Å². The highest BCUT2D eigenvalue weighted by atomic mass is 16.5. The van der Waals surface area contributed by atoms with Crippen LogP contribution in [-0.2, 0) is 10.2 Å². The molecule has 0 fully saturated rings. The SMILES string of the molecule is CC(C)(C)c1ccc(OCCC(=O)Oc2ccc(C#N)cc2)cc1. The predicted octanol–water partition coefficient (Wildman–Crippen LogP) is 4.23. The van der Waals surface area contributed by atoms with Gasteiger partial charge in [0.2, 0.25) is 0 Å². The molecule has 0 aliphatic rings. The van der Waals surface area contributed by atoms with E-state index in [-0.39, 0.29) is 24.4 Å². The number of hydrogen-bond acceptors (Lipinski definition) is 4. The zero-order valence-corrected chi connectivity index (χ0v) is 14.2. The lowest BCUT2D eigenvalue weighted by Crippen LogP contribution is -2.13. The Kier molecular flexibility index (Phi) is 5.59. The number of carbonyl (C=O) groups is 1. The standard InChI is InChI=1S/C20H21NO3/c1-20(2,3)16-6-10-17(11-7-16)23-13-12-19(22)24-18-8-4-15(14-21)5-9-18/h4-11H,12-13H2,1-3H3. The molecule has 0 amide bonds. The van der Waals surface area contributed by atoms with Gasteiger partial charge in [-0.25, -0.2) is 0 Å². The summed E-state index contributed by atoms with van der Waals surface area (Å²) in [6, 6.07) is 16.3. The summed E-state index contributed by atoms with van der Waals surface area (Å²) in [5, 5.41) is 8.72. The van der Waals surface area contributed by atoms with Crippen LogP contribution in [0.5, 0.6) is 11.5 Å². The van der Waals surface area contributed by atoms with Gasteiger partial charge in [-0.15, -0.1) is 0 Å². The zero-order chi connectivity index (χ0) is 17.6. The normalized spacial score (nSPS) is 10.8. The van der Waals surface area contributed by atoms with Crippen molar-refractivity contribution >= 4 is 5.97 Å². The highest BCUT2D eigenvalue weighted by Gasteiger charge is 2.13. The third kappa shape index (κ3) is 5.13. The first kappa shape index (κ1) is 17.6. The maximum absolute atomic E-state index is 11.8. The van der Waals surface area contributed by atoms with Crippen LogP contribution in [-0.4, -0.2) is 12.6 Å². The van der Waals surface area contributed by atoms with Crippen molar-refractivity contribution in [1.29, 1.82) is 5.26 Å². The number of carbonyl (C=O) groups excluding carboxylic acids is 1. The fourth-order valence-electron chi connectivity index (χ4n) is 2.08. The molecule has 0 unspecified atom stereocenters. The Labute approximate surface area is 142 Å². The van der Waals surface area contributed by atoms with E-state index in [0.29, 0.717) is 11.3 Å². The molecule has 0 heterocycles. The van der Waals surface area contributed by atoms with Crippen molar-refractivity contribution in [3.05, 3.63) is 59.7 Å². The first-order valence-electron chi connectivity index (χ1n) is 7.83. The first-order chi connectivity index (χ1) is 11.4. The van der Waals surface area contributed by atoms with Crippen LogP contribution in [0.25, 0.3) is 0 Å². The van der Waals surface area contributed by atoms with Crippen LogP contribution < -0.4 is 9.47 Å². The molecular weight excluding hydrogens is 302 g/mol. The van der Waals surface area contributed by atoms with Gasteiger partial charge < -0.3 is 9.47 Å². The Morgan fingerprint density at radius 2 is 1.58 bits per heavy atom. The summed E-state index contributed by atoms with van der Waals surface area (Å²) in [6.07, 6.45) is 0.154. The number of hydrogen-bond donors (Lipinski definition) is 0. The van der Waals surface area contributed by atoms with Gasteiger partial charge in [0.05, 0.1) is 24.7 Å². The van der Waals surface area contributed by atoms with Crippen molar-refractivity contribution < 1.29 is 14.3 Å². The van der Waals surface area contributed by atoms with Crippen LogP contribution in [0, 0.1) is 11.3 Å². The second-order valence-corrected chi connectivity index (χ2v) is 6.48. The predicted molar refractivity (Wildman–Crippen MR) is 92.0 cm³/mol. The van der Waals surface area contributed by atoms with Crippen molar-refractivity contribution in [3.8, 4) is 17.6 Å². The summed E-state index contributed by atoms with van der Waals surface area (Å²) in [4.78, 5) is 11.8. The highest BCUT2D eigenvalue weighted by molar-refractivity contribution is 5.72. The molecule has 24 heavy (non-hydrogen) atoms. The Bertz CT molecular complexity index is 719. The smallest absolute Gasteiger partial charge is 0.314 e. The molecule has 2 rings (SSSR count). The minimum absolute atomic E-state index is 0.101. The number of nitrogens with zero attached hydrogens (tertiary/aromatic N) is 1. The van der Waals surface area contributed by atoms with Crippen LogP contribution in [0.15, 0.2) is 48.5 Å². The summed E-state index contributed by atoms with van der Waals surface area (Å²) in [5.74, 6) is 0.786. The second-order valence-electron chi connectivity index (χ2n) is 6.48. The molecule has 0 N–H and O–H groups in total. The molecule has 4 nitrogen and oxygen atoms in total. The quantitative estimate of drug-likeness (QED) is 0.610. The van der Waals surface area contributed by atoms with E-state index in [4.69, 9.17) is 14.7 Å². The highest BCUT2D eigenvalue weighted by Crippen LogP contribution is 2.24. The van der Waals surface area contributed by atoms with Gasteiger partial charge in [0.1, 0.15) is 11.5 Å². The van der Waals surface area contributed by atoms with Crippen molar-refractivity contribution in [1.82, 2.24) is 0 Å².